The number of urea groups is 1. The van der Waals surface area contributed by atoms with Gasteiger partial charge in [0, 0.05) is 12.2 Å². The van der Waals surface area contributed by atoms with Crippen molar-refractivity contribution in [1.82, 2.24) is 4.90 Å². The quantitative estimate of drug-likeness (QED) is 0.774. The minimum absolute atomic E-state index is 0.300. The van der Waals surface area contributed by atoms with Crippen molar-refractivity contribution in [3.05, 3.63) is 28.3 Å². The summed E-state index contributed by atoms with van der Waals surface area (Å²) in [7, 11) is 0. The highest BCUT2D eigenvalue weighted by Gasteiger charge is 2.39. The van der Waals surface area contributed by atoms with Gasteiger partial charge in [-0.1, -0.05) is 11.6 Å². The van der Waals surface area contributed by atoms with E-state index in [2.05, 4.69) is 5.32 Å². The second kappa shape index (κ2) is 6.53. The first kappa shape index (κ1) is 16.6. The summed E-state index contributed by atoms with van der Waals surface area (Å²) < 4.78 is 0. The van der Waals surface area contributed by atoms with E-state index in [0.717, 1.165) is 0 Å². The van der Waals surface area contributed by atoms with E-state index in [1.165, 1.54) is 11.0 Å². The Morgan fingerprint density at radius 3 is 2.86 bits per heavy atom. The zero-order valence-electron chi connectivity index (χ0n) is 12.4. The molecule has 0 aliphatic carbocycles. The Hall–Kier alpha value is -1.81. The smallest absolute Gasteiger partial charge is 0.322 e. The first-order valence-corrected chi connectivity index (χ1v) is 7.37. The third-order valence-electron chi connectivity index (χ3n) is 3.92. The summed E-state index contributed by atoms with van der Waals surface area (Å²) in [6.07, 6.45) is -1.14. The number of nitrogens with zero attached hydrogens (tertiary/aromatic N) is 2. The molecule has 1 heterocycles. The Bertz CT molecular complexity index is 627. The van der Waals surface area contributed by atoms with Gasteiger partial charge in [-0.3, -0.25) is 0 Å². The minimum atomic E-state index is -0.825. The van der Waals surface area contributed by atoms with Crippen molar-refractivity contribution in [2.24, 2.45) is 0 Å². The molecule has 0 bridgehead atoms. The maximum Gasteiger partial charge on any atom is 0.322 e. The molecule has 0 saturated carbocycles. The van der Waals surface area contributed by atoms with Crippen molar-refractivity contribution < 1.29 is 15.0 Å². The molecule has 118 valence electrons. The molecule has 7 heteroatoms. The first-order valence-electron chi connectivity index (χ1n) is 6.99. The van der Waals surface area contributed by atoms with Crippen molar-refractivity contribution in [3.8, 4) is 6.07 Å². The number of benzene rings is 1. The van der Waals surface area contributed by atoms with Crippen LogP contribution in [0.2, 0.25) is 5.02 Å². The number of hydrogen-bond acceptors (Lipinski definition) is 4. The number of rotatable bonds is 2. The van der Waals surface area contributed by atoms with Crippen molar-refractivity contribution in [2.45, 2.75) is 38.5 Å². The number of anilines is 1. The molecule has 1 fully saturated rings. The van der Waals surface area contributed by atoms with Crippen LogP contribution in [0.3, 0.4) is 0 Å². The van der Waals surface area contributed by atoms with E-state index in [1.54, 1.807) is 19.9 Å². The van der Waals surface area contributed by atoms with Gasteiger partial charge in [0.05, 0.1) is 28.8 Å². The largest absolute Gasteiger partial charge is 0.391 e. The molecule has 2 amide bonds. The van der Waals surface area contributed by atoms with Crippen LogP contribution in [0.4, 0.5) is 10.5 Å². The van der Waals surface area contributed by atoms with Gasteiger partial charge in [-0.05, 0) is 38.0 Å². The molecule has 2 rings (SSSR count). The molecule has 0 spiro atoms. The Labute approximate surface area is 133 Å². The van der Waals surface area contributed by atoms with Crippen LogP contribution in [0, 0.1) is 18.3 Å². The molecule has 22 heavy (non-hydrogen) atoms. The molecule has 1 aliphatic heterocycles. The predicted octanol–water partition coefficient (Wildman–Crippen LogP) is 1.87. The lowest BCUT2D eigenvalue weighted by molar-refractivity contribution is 0.0387. The number of hydrogen-bond donors (Lipinski definition) is 3. The summed E-state index contributed by atoms with van der Waals surface area (Å²) in [5, 5.41) is 31.6. The highest BCUT2D eigenvalue weighted by atomic mass is 35.5. The van der Waals surface area contributed by atoms with Gasteiger partial charge in [0.2, 0.25) is 0 Å². The standard InChI is InChI=1S/C15H18ClN3O3/c1-8-11(4-3-10(7-17)13(8)16)18-15(22)19-6-5-12(21)14(19)9(2)20/h3-4,9,12,14,20-21H,5-6H2,1-2H3,(H,18,22)/t9-,12-,14+/m0/s1. The second-order valence-electron chi connectivity index (χ2n) is 5.42. The number of carbonyl (C=O) groups is 1. The zero-order valence-corrected chi connectivity index (χ0v) is 13.1. The molecule has 1 aromatic carbocycles. The van der Waals surface area contributed by atoms with E-state index in [9.17, 15) is 15.0 Å². The van der Waals surface area contributed by atoms with E-state index < -0.39 is 24.3 Å². The lowest BCUT2D eigenvalue weighted by Gasteiger charge is -2.28. The third-order valence-corrected chi connectivity index (χ3v) is 4.41. The molecular formula is C15H18ClN3O3. The topological polar surface area (TPSA) is 96.6 Å². The molecule has 1 aromatic rings. The third kappa shape index (κ3) is 3.02. The summed E-state index contributed by atoms with van der Waals surface area (Å²) in [4.78, 5) is 13.8. The van der Waals surface area contributed by atoms with Crippen LogP contribution in [0.5, 0.6) is 0 Å². The van der Waals surface area contributed by atoms with Gasteiger partial charge in [-0.15, -0.1) is 0 Å². The van der Waals surface area contributed by atoms with Gasteiger partial charge in [0.15, 0.2) is 0 Å². The van der Waals surface area contributed by atoms with E-state index in [4.69, 9.17) is 16.9 Å². The van der Waals surface area contributed by atoms with Crippen molar-refractivity contribution >= 4 is 23.3 Å². The number of nitriles is 1. The summed E-state index contributed by atoms with van der Waals surface area (Å²) in [6.45, 7) is 3.62. The molecular weight excluding hydrogens is 306 g/mol. The maximum atomic E-state index is 12.4. The monoisotopic (exact) mass is 323 g/mol. The van der Waals surface area contributed by atoms with E-state index in [-0.39, 0.29) is 0 Å². The average Bonchev–Trinajstić information content (AvgIpc) is 2.86. The van der Waals surface area contributed by atoms with Gasteiger partial charge in [-0.2, -0.15) is 5.26 Å². The molecule has 1 saturated heterocycles. The summed E-state index contributed by atoms with van der Waals surface area (Å²) in [6, 6.07) is 4.09. The van der Waals surface area contributed by atoms with Crippen LogP contribution < -0.4 is 5.32 Å². The predicted molar refractivity (Wildman–Crippen MR) is 82.7 cm³/mol. The van der Waals surface area contributed by atoms with E-state index in [1.807, 2.05) is 6.07 Å². The Morgan fingerprint density at radius 1 is 1.59 bits per heavy atom. The zero-order chi connectivity index (χ0) is 16.4. The number of amides is 2. The van der Waals surface area contributed by atoms with Crippen molar-refractivity contribution in [1.29, 1.82) is 5.26 Å². The van der Waals surface area contributed by atoms with Gasteiger partial charge < -0.3 is 20.4 Å². The molecule has 1 aliphatic rings. The minimum Gasteiger partial charge on any atom is -0.391 e. The molecule has 0 radical (unpaired) electrons. The Kier molecular flexibility index (Phi) is 4.91. The van der Waals surface area contributed by atoms with E-state index in [0.29, 0.717) is 34.8 Å². The van der Waals surface area contributed by atoms with Crippen molar-refractivity contribution in [3.63, 3.8) is 0 Å². The van der Waals surface area contributed by atoms with Crippen LogP contribution in [-0.4, -0.2) is 45.9 Å². The number of aliphatic hydroxyl groups is 2. The molecule has 0 aromatic heterocycles. The fourth-order valence-corrected chi connectivity index (χ4v) is 2.92. The molecule has 3 atom stereocenters. The lowest BCUT2D eigenvalue weighted by Crippen LogP contribution is -2.47. The summed E-state index contributed by atoms with van der Waals surface area (Å²) >= 11 is 6.08. The van der Waals surface area contributed by atoms with Gasteiger partial charge in [0.1, 0.15) is 6.07 Å². The number of halogens is 1. The van der Waals surface area contributed by atoms with Crippen LogP contribution >= 0.6 is 11.6 Å². The summed E-state index contributed by atoms with van der Waals surface area (Å²) in [5.41, 5.74) is 1.44. The number of carbonyl (C=O) groups excluding carboxylic acids is 1. The average molecular weight is 324 g/mol. The molecule has 0 unspecified atom stereocenters. The Balaban J connectivity index is 2.20. The van der Waals surface area contributed by atoms with Gasteiger partial charge in [0.25, 0.3) is 0 Å². The van der Waals surface area contributed by atoms with Crippen LogP contribution in [-0.2, 0) is 0 Å². The number of likely N-dealkylation sites (tertiary alicyclic amines) is 1. The second-order valence-corrected chi connectivity index (χ2v) is 5.80. The summed E-state index contributed by atoms with van der Waals surface area (Å²) in [5.74, 6) is 0. The lowest BCUT2D eigenvalue weighted by atomic mass is 10.1. The normalized spacial score (nSPS) is 22.3. The van der Waals surface area contributed by atoms with Gasteiger partial charge >= 0.3 is 6.03 Å². The first-order chi connectivity index (χ1) is 10.4. The van der Waals surface area contributed by atoms with Crippen LogP contribution in [0.1, 0.15) is 24.5 Å². The van der Waals surface area contributed by atoms with Crippen molar-refractivity contribution in [2.75, 3.05) is 11.9 Å². The van der Waals surface area contributed by atoms with Crippen LogP contribution in [0.15, 0.2) is 12.1 Å². The molecule has 6 nitrogen and oxygen atoms in total. The van der Waals surface area contributed by atoms with E-state index >= 15 is 0 Å². The SMILES string of the molecule is Cc1c(NC(=O)N2CC[C@H](O)[C@H]2[C@H](C)O)ccc(C#N)c1Cl. The maximum absolute atomic E-state index is 12.4. The fourth-order valence-electron chi connectivity index (χ4n) is 2.71. The highest BCUT2D eigenvalue weighted by molar-refractivity contribution is 6.33. The van der Waals surface area contributed by atoms with Gasteiger partial charge in [-0.25, -0.2) is 4.79 Å². The highest BCUT2D eigenvalue weighted by Crippen LogP contribution is 2.28. The number of nitrogens with one attached hydrogen (secondary N) is 1. The fraction of sp³-hybridized carbons (Fsp3) is 0.467. The molecule has 3 N–H and O–H groups in total. The van der Waals surface area contributed by atoms with Crippen LogP contribution in [0.25, 0.3) is 0 Å². The Morgan fingerprint density at radius 2 is 2.27 bits per heavy atom. The number of aliphatic hydroxyl groups excluding tert-OH is 2.